The third-order valence-electron chi connectivity index (χ3n) is 6.63. The van der Waals surface area contributed by atoms with Crippen LogP contribution in [0.4, 0.5) is 4.39 Å². The van der Waals surface area contributed by atoms with Crippen molar-refractivity contribution < 1.29 is 4.39 Å². The lowest BCUT2D eigenvalue weighted by Crippen LogP contribution is -2.47. The van der Waals surface area contributed by atoms with Gasteiger partial charge in [0.15, 0.2) is 0 Å². The van der Waals surface area contributed by atoms with E-state index in [1.807, 2.05) is 0 Å². The molecule has 0 aromatic heterocycles. The number of hydrogen-bond acceptors (Lipinski definition) is 1. The summed E-state index contributed by atoms with van der Waals surface area (Å²) < 4.78 is 12.3. The van der Waals surface area contributed by atoms with E-state index in [2.05, 4.69) is 67.3 Å². The Morgan fingerprint density at radius 2 is 1.77 bits per heavy atom. The van der Waals surface area contributed by atoms with E-state index in [1.54, 1.807) is 5.57 Å². The molecule has 0 amide bonds. The summed E-state index contributed by atoms with van der Waals surface area (Å²) >= 11 is 0. The van der Waals surface area contributed by atoms with Gasteiger partial charge in [-0.1, -0.05) is 68.0 Å². The molecule has 2 aromatic carbocycles. The molecule has 2 heteroatoms. The lowest BCUT2D eigenvalue weighted by Gasteiger charge is -2.39. The Morgan fingerprint density at radius 1 is 1.00 bits per heavy atom. The van der Waals surface area contributed by atoms with Crippen molar-refractivity contribution in [2.45, 2.75) is 52.4 Å². The summed E-state index contributed by atoms with van der Waals surface area (Å²) in [5, 5.41) is 0. The lowest BCUT2D eigenvalue weighted by molar-refractivity contribution is 0.0968. The van der Waals surface area contributed by atoms with Crippen LogP contribution in [0.1, 0.15) is 61.8 Å². The van der Waals surface area contributed by atoms with Crippen LogP contribution < -0.4 is 0 Å². The molecule has 1 heterocycles. The molecule has 1 aliphatic heterocycles. The van der Waals surface area contributed by atoms with Gasteiger partial charge in [-0.05, 0) is 78.2 Å². The summed E-state index contributed by atoms with van der Waals surface area (Å²) in [6, 6.07) is 18.4. The molecule has 30 heavy (non-hydrogen) atoms. The number of alkyl halides is 1. The molecule has 1 nitrogen and oxygen atoms in total. The monoisotopic (exact) mass is 405 g/mol. The van der Waals surface area contributed by atoms with E-state index in [-0.39, 0.29) is 6.67 Å². The second kappa shape index (κ2) is 9.92. The first-order valence-corrected chi connectivity index (χ1v) is 11.8. The van der Waals surface area contributed by atoms with E-state index in [4.69, 9.17) is 0 Å². The molecular weight excluding hydrogens is 369 g/mol. The number of allylic oxidation sites excluding steroid dienone is 1. The van der Waals surface area contributed by atoms with Gasteiger partial charge in [0, 0.05) is 19.6 Å². The van der Waals surface area contributed by atoms with E-state index in [0.29, 0.717) is 12.3 Å². The van der Waals surface area contributed by atoms with Gasteiger partial charge >= 0.3 is 0 Å². The van der Waals surface area contributed by atoms with Crippen LogP contribution in [-0.2, 0) is 12.8 Å². The van der Waals surface area contributed by atoms with Crippen molar-refractivity contribution in [2.24, 2.45) is 11.8 Å². The van der Waals surface area contributed by atoms with E-state index in [1.165, 1.54) is 53.5 Å². The Bertz CT molecular complexity index is 858. The topological polar surface area (TPSA) is 3.24 Å². The standard InChI is InChI=1S/C28H36FN/c1-21(2)17-26-9-5-8-24-7-3-4-10-27(24)28(26)25-13-11-22(12-14-25)18-23-19-30(20-23)16-6-15-29/h3-4,7,10-14,21,23H,5-6,8-9,15-20H2,1-2H3. The maximum absolute atomic E-state index is 12.3. The normalized spacial score (nSPS) is 17.7. The minimum Gasteiger partial charge on any atom is -0.303 e. The predicted octanol–water partition coefficient (Wildman–Crippen LogP) is 6.70. The summed E-state index contributed by atoms with van der Waals surface area (Å²) in [7, 11) is 0. The second-order valence-corrected chi connectivity index (χ2v) is 9.66. The molecule has 0 unspecified atom stereocenters. The number of hydrogen-bond donors (Lipinski definition) is 0. The zero-order valence-corrected chi connectivity index (χ0v) is 18.7. The molecule has 0 saturated carbocycles. The van der Waals surface area contributed by atoms with Gasteiger partial charge in [0.1, 0.15) is 0 Å². The average molecular weight is 406 g/mol. The molecule has 160 valence electrons. The molecule has 0 bridgehead atoms. The Labute approximate surface area is 182 Å². The second-order valence-electron chi connectivity index (χ2n) is 9.66. The maximum Gasteiger partial charge on any atom is 0.0906 e. The molecule has 2 aliphatic rings. The molecule has 1 aliphatic carbocycles. The molecule has 2 aromatic rings. The van der Waals surface area contributed by atoms with Crippen molar-refractivity contribution in [1.29, 1.82) is 0 Å². The minimum absolute atomic E-state index is 0.194. The minimum atomic E-state index is -0.194. The van der Waals surface area contributed by atoms with Gasteiger partial charge in [-0.15, -0.1) is 0 Å². The molecule has 1 saturated heterocycles. The predicted molar refractivity (Wildman–Crippen MR) is 126 cm³/mol. The number of nitrogens with zero attached hydrogens (tertiary/aromatic N) is 1. The van der Waals surface area contributed by atoms with E-state index >= 15 is 0 Å². The van der Waals surface area contributed by atoms with Crippen LogP contribution in [0.15, 0.2) is 54.1 Å². The summed E-state index contributed by atoms with van der Waals surface area (Å²) in [5.74, 6) is 1.41. The summed E-state index contributed by atoms with van der Waals surface area (Å²) in [6.45, 7) is 7.64. The lowest BCUT2D eigenvalue weighted by atomic mass is 9.86. The Hall–Kier alpha value is -1.93. The van der Waals surface area contributed by atoms with Gasteiger partial charge in [0.2, 0.25) is 0 Å². The van der Waals surface area contributed by atoms with Crippen LogP contribution in [0.25, 0.3) is 5.57 Å². The fraction of sp³-hybridized carbons (Fsp3) is 0.500. The van der Waals surface area contributed by atoms with Crippen LogP contribution in [0.2, 0.25) is 0 Å². The van der Waals surface area contributed by atoms with Crippen LogP contribution in [-0.4, -0.2) is 31.2 Å². The first-order chi connectivity index (χ1) is 14.6. The Balaban J connectivity index is 1.53. The maximum atomic E-state index is 12.3. The van der Waals surface area contributed by atoms with Crippen LogP contribution in [0, 0.1) is 11.8 Å². The van der Waals surface area contributed by atoms with Gasteiger partial charge in [0.25, 0.3) is 0 Å². The van der Waals surface area contributed by atoms with Gasteiger partial charge in [-0.25, -0.2) is 0 Å². The largest absolute Gasteiger partial charge is 0.303 e. The summed E-state index contributed by atoms with van der Waals surface area (Å²) in [4.78, 5) is 2.38. The molecular formula is C28H36FN. The quantitative estimate of drug-likeness (QED) is 0.472. The number of aryl methyl sites for hydroxylation is 1. The van der Waals surface area contributed by atoms with E-state index < -0.39 is 0 Å². The number of halogens is 1. The molecule has 0 spiro atoms. The molecule has 4 rings (SSSR count). The highest BCUT2D eigenvalue weighted by Gasteiger charge is 2.26. The van der Waals surface area contributed by atoms with E-state index in [0.717, 1.165) is 32.0 Å². The fourth-order valence-electron chi connectivity index (χ4n) is 5.26. The van der Waals surface area contributed by atoms with Gasteiger partial charge in [-0.3, -0.25) is 4.39 Å². The Kier molecular flexibility index (Phi) is 7.04. The summed E-state index contributed by atoms with van der Waals surface area (Å²) in [5.41, 5.74) is 8.87. The average Bonchev–Trinajstić information content (AvgIpc) is 2.89. The van der Waals surface area contributed by atoms with Crippen LogP contribution in [0.5, 0.6) is 0 Å². The highest BCUT2D eigenvalue weighted by molar-refractivity contribution is 5.84. The number of rotatable bonds is 8. The summed E-state index contributed by atoms with van der Waals surface area (Å²) in [6.07, 6.45) is 6.64. The number of benzene rings is 2. The van der Waals surface area contributed by atoms with Crippen molar-refractivity contribution in [3.8, 4) is 0 Å². The first kappa shape index (κ1) is 21.3. The fourth-order valence-corrected chi connectivity index (χ4v) is 5.26. The van der Waals surface area contributed by atoms with Crippen molar-refractivity contribution in [3.63, 3.8) is 0 Å². The van der Waals surface area contributed by atoms with Crippen molar-refractivity contribution in [1.82, 2.24) is 4.90 Å². The Morgan fingerprint density at radius 3 is 2.50 bits per heavy atom. The molecule has 0 N–H and O–H groups in total. The first-order valence-electron chi connectivity index (χ1n) is 11.8. The smallest absolute Gasteiger partial charge is 0.0906 e. The zero-order valence-electron chi connectivity index (χ0n) is 18.7. The van der Waals surface area contributed by atoms with Gasteiger partial charge in [0.05, 0.1) is 6.67 Å². The third kappa shape index (κ3) is 5.03. The highest BCUT2D eigenvalue weighted by Crippen LogP contribution is 2.37. The van der Waals surface area contributed by atoms with Crippen molar-refractivity contribution in [2.75, 3.05) is 26.3 Å². The molecule has 0 atom stereocenters. The highest BCUT2D eigenvalue weighted by atomic mass is 19.1. The SMILES string of the molecule is CC(C)CC1=C(c2ccc(CC3CN(CCCF)C3)cc2)c2ccccc2CCC1. The molecule has 0 radical (unpaired) electrons. The number of fused-ring (bicyclic) bond motifs is 1. The van der Waals surface area contributed by atoms with Crippen molar-refractivity contribution in [3.05, 3.63) is 76.4 Å². The zero-order chi connectivity index (χ0) is 20.9. The van der Waals surface area contributed by atoms with Crippen LogP contribution >= 0.6 is 0 Å². The van der Waals surface area contributed by atoms with E-state index in [9.17, 15) is 4.39 Å². The van der Waals surface area contributed by atoms with Gasteiger partial charge in [-0.2, -0.15) is 0 Å². The molecule has 1 fully saturated rings. The third-order valence-corrected chi connectivity index (χ3v) is 6.63. The van der Waals surface area contributed by atoms with Crippen LogP contribution in [0.3, 0.4) is 0 Å². The van der Waals surface area contributed by atoms with Crippen molar-refractivity contribution >= 4 is 5.57 Å². The number of likely N-dealkylation sites (tertiary alicyclic amines) is 1. The van der Waals surface area contributed by atoms with Gasteiger partial charge < -0.3 is 4.90 Å².